The first-order chi connectivity index (χ1) is 9.63. The van der Waals surface area contributed by atoms with Gasteiger partial charge in [-0.3, -0.25) is 4.79 Å². The van der Waals surface area contributed by atoms with Crippen LogP contribution in [0.2, 0.25) is 0 Å². The van der Waals surface area contributed by atoms with Crippen molar-refractivity contribution in [3.05, 3.63) is 65.7 Å². The SMILES string of the molecule is CCc1ccc(N(C)C(=O)C(Cl)c2ccccc2)cc1. The lowest BCUT2D eigenvalue weighted by Gasteiger charge is -2.21. The van der Waals surface area contributed by atoms with Crippen molar-refractivity contribution < 1.29 is 4.79 Å². The molecule has 1 unspecified atom stereocenters. The summed E-state index contributed by atoms with van der Waals surface area (Å²) in [6.07, 6.45) is 0.986. The molecule has 2 aromatic rings. The highest BCUT2D eigenvalue weighted by molar-refractivity contribution is 6.32. The largest absolute Gasteiger partial charge is 0.314 e. The van der Waals surface area contributed by atoms with Gasteiger partial charge in [-0.15, -0.1) is 11.6 Å². The van der Waals surface area contributed by atoms with E-state index in [-0.39, 0.29) is 5.91 Å². The standard InChI is InChI=1S/C17H18ClNO/c1-3-13-9-11-15(12-10-13)19(2)17(20)16(18)14-7-5-4-6-8-14/h4-12,16H,3H2,1-2H3. The van der Waals surface area contributed by atoms with Gasteiger partial charge in [0.25, 0.3) is 0 Å². The lowest BCUT2D eigenvalue weighted by molar-refractivity contribution is -0.118. The number of halogens is 1. The van der Waals surface area contributed by atoms with Crippen molar-refractivity contribution in [2.24, 2.45) is 0 Å². The van der Waals surface area contributed by atoms with Crippen LogP contribution in [-0.2, 0) is 11.2 Å². The van der Waals surface area contributed by atoms with E-state index in [2.05, 4.69) is 6.92 Å². The monoisotopic (exact) mass is 287 g/mol. The number of aryl methyl sites for hydroxylation is 1. The molecule has 20 heavy (non-hydrogen) atoms. The van der Waals surface area contributed by atoms with E-state index in [0.717, 1.165) is 17.7 Å². The van der Waals surface area contributed by atoms with E-state index in [4.69, 9.17) is 11.6 Å². The number of nitrogens with zero attached hydrogens (tertiary/aromatic N) is 1. The molecule has 0 N–H and O–H groups in total. The normalized spacial score (nSPS) is 11.9. The number of likely N-dealkylation sites (N-methyl/N-ethyl adjacent to an activating group) is 1. The van der Waals surface area contributed by atoms with Gasteiger partial charge in [0.05, 0.1) is 0 Å². The van der Waals surface area contributed by atoms with E-state index in [9.17, 15) is 4.79 Å². The second-order valence-corrected chi connectivity index (χ2v) is 5.13. The summed E-state index contributed by atoms with van der Waals surface area (Å²) in [5.41, 5.74) is 2.92. The van der Waals surface area contributed by atoms with E-state index in [1.807, 2.05) is 54.6 Å². The van der Waals surface area contributed by atoms with Crippen LogP contribution in [0.3, 0.4) is 0 Å². The number of anilines is 1. The number of alkyl halides is 1. The van der Waals surface area contributed by atoms with Crippen molar-refractivity contribution in [1.82, 2.24) is 0 Å². The third-order valence-electron chi connectivity index (χ3n) is 3.37. The van der Waals surface area contributed by atoms with Gasteiger partial charge in [0.1, 0.15) is 5.38 Å². The molecule has 1 atom stereocenters. The molecule has 0 radical (unpaired) electrons. The van der Waals surface area contributed by atoms with E-state index >= 15 is 0 Å². The van der Waals surface area contributed by atoms with Crippen LogP contribution in [0.15, 0.2) is 54.6 Å². The number of benzene rings is 2. The predicted molar refractivity (Wildman–Crippen MR) is 84.3 cm³/mol. The van der Waals surface area contributed by atoms with Crippen LogP contribution in [0.1, 0.15) is 23.4 Å². The average molecular weight is 288 g/mol. The zero-order valence-corrected chi connectivity index (χ0v) is 12.5. The minimum absolute atomic E-state index is 0.123. The molecule has 104 valence electrons. The number of hydrogen-bond donors (Lipinski definition) is 0. The number of amides is 1. The van der Waals surface area contributed by atoms with Crippen molar-refractivity contribution >= 4 is 23.2 Å². The number of rotatable bonds is 4. The summed E-state index contributed by atoms with van der Waals surface area (Å²) in [6.45, 7) is 2.11. The molecule has 0 saturated heterocycles. The maximum Gasteiger partial charge on any atom is 0.249 e. The molecule has 0 saturated carbocycles. The maximum absolute atomic E-state index is 12.4. The van der Waals surface area contributed by atoms with Crippen LogP contribution in [0, 0.1) is 0 Å². The van der Waals surface area contributed by atoms with Crippen LogP contribution >= 0.6 is 11.6 Å². The van der Waals surface area contributed by atoms with Crippen molar-refractivity contribution in [2.45, 2.75) is 18.7 Å². The maximum atomic E-state index is 12.4. The van der Waals surface area contributed by atoms with Crippen molar-refractivity contribution in [2.75, 3.05) is 11.9 Å². The predicted octanol–water partition coefficient (Wildman–Crippen LogP) is 4.19. The zero-order valence-electron chi connectivity index (χ0n) is 11.7. The third-order valence-corrected chi connectivity index (χ3v) is 3.81. The van der Waals surface area contributed by atoms with Crippen molar-refractivity contribution in [3.8, 4) is 0 Å². The Morgan fingerprint density at radius 1 is 1.10 bits per heavy atom. The van der Waals surface area contributed by atoms with Gasteiger partial charge in [0.2, 0.25) is 5.91 Å². The average Bonchev–Trinajstić information content (AvgIpc) is 2.53. The first-order valence-electron chi connectivity index (χ1n) is 6.69. The molecule has 2 nitrogen and oxygen atoms in total. The Hall–Kier alpha value is -1.80. The molecule has 0 aliphatic carbocycles. The molecular formula is C17H18ClNO. The Bertz CT molecular complexity index is 565. The number of carbonyl (C=O) groups is 1. The molecule has 0 fully saturated rings. The van der Waals surface area contributed by atoms with Gasteiger partial charge in [-0.25, -0.2) is 0 Å². The summed E-state index contributed by atoms with van der Waals surface area (Å²) in [7, 11) is 1.75. The van der Waals surface area contributed by atoms with Gasteiger partial charge in [-0.05, 0) is 29.7 Å². The molecule has 0 aliphatic heterocycles. The topological polar surface area (TPSA) is 20.3 Å². The van der Waals surface area contributed by atoms with E-state index < -0.39 is 5.38 Å². The molecule has 0 aliphatic rings. The Labute approximate surface area is 125 Å². The number of hydrogen-bond acceptors (Lipinski definition) is 1. The Morgan fingerprint density at radius 2 is 1.70 bits per heavy atom. The fourth-order valence-electron chi connectivity index (χ4n) is 2.02. The van der Waals surface area contributed by atoms with Gasteiger partial charge in [0.15, 0.2) is 0 Å². The van der Waals surface area contributed by atoms with Crippen LogP contribution in [0.5, 0.6) is 0 Å². The molecule has 1 amide bonds. The second kappa shape index (κ2) is 6.58. The summed E-state index contributed by atoms with van der Waals surface area (Å²) < 4.78 is 0. The number of carbonyl (C=O) groups excluding carboxylic acids is 1. The Balaban J connectivity index is 2.15. The molecule has 2 aromatic carbocycles. The lowest BCUT2D eigenvalue weighted by Crippen LogP contribution is -2.29. The fourth-order valence-corrected chi connectivity index (χ4v) is 2.31. The highest BCUT2D eigenvalue weighted by atomic mass is 35.5. The molecule has 0 aromatic heterocycles. The minimum Gasteiger partial charge on any atom is -0.314 e. The van der Waals surface area contributed by atoms with E-state index in [1.54, 1.807) is 11.9 Å². The van der Waals surface area contributed by atoms with E-state index in [1.165, 1.54) is 5.56 Å². The highest BCUT2D eigenvalue weighted by Crippen LogP contribution is 2.25. The van der Waals surface area contributed by atoms with Gasteiger partial charge in [-0.1, -0.05) is 49.4 Å². The van der Waals surface area contributed by atoms with Crippen molar-refractivity contribution in [3.63, 3.8) is 0 Å². The molecular weight excluding hydrogens is 270 g/mol. The van der Waals surface area contributed by atoms with Crippen LogP contribution in [0.25, 0.3) is 0 Å². The molecule has 2 rings (SSSR count). The molecule has 0 bridgehead atoms. The first kappa shape index (κ1) is 14.6. The molecule has 0 spiro atoms. The van der Waals surface area contributed by atoms with Crippen LogP contribution < -0.4 is 4.90 Å². The summed E-state index contributed by atoms with van der Waals surface area (Å²) in [4.78, 5) is 14.0. The fraction of sp³-hybridized carbons (Fsp3) is 0.235. The quantitative estimate of drug-likeness (QED) is 0.772. The van der Waals surface area contributed by atoms with E-state index in [0.29, 0.717) is 0 Å². The Kier molecular flexibility index (Phi) is 4.80. The zero-order chi connectivity index (χ0) is 14.5. The Morgan fingerprint density at radius 3 is 2.25 bits per heavy atom. The van der Waals surface area contributed by atoms with Crippen molar-refractivity contribution in [1.29, 1.82) is 0 Å². The second-order valence-electron chi connectivity index (χ2n) is 4.69. The van der Waals surface area contributed by atoms with Gasteiger partial charge < -0.3 is 4.90 Å². The summed E-state index contributed by atoms with van der Waals surface area (Å²) in [5.74, 6) is -0.123. The van der Waals surface area contributed by atoms with Gasteiger partial charge >= 0.3 is 0 Å². The van der Waals surface area contributed by atoms with Gasteiger partial charge in [-0.2, -0.15) is 0 Å². The molecule has 0 heterocycles. The van der Waals surface area contributed by atoms with Crippen LogP contribution in [-0.4, -0.2) is 13.0 Å². The van der Waals surface area contributed by atoms with Crippen LogP contribution in [0.4, 0.5) is 5.69 Å². The highest BCUT2D eigenvalue weighted by Gasteiger charge is 2.22. The summed E-state index contributed by atoms with van der Waals surface area (Å²) in [5, 5.41) is -0.660. The smallest absolute Gasteiger partial charge is 0.249 e. The molecule has 3 heteroatoms. The first-order valence-corrected chi connectivity index (χ1v) is 7.12. The summed E-state index contributed by atoms with van der Waals surface area (Å²) >= 11 is 6.27. The van der Waals surface area contributed by atoms with Gasteiger partial charge in [0, 0.05) is 12.7 Å². The minimum atomic E-state index is -0.660. The third kappa shape index (κ3) is 3.20. The summed E-state index contributed by atoms with van der Waals surface area (Å²) in [6, 6.07) is 17.4. The lowest BCUT2D eigenvalue weighted by atomic mass is 10.1.